The Kier molecular flexibility index (Phi) is 7.05. The van der Waals surface area contributed by atoms with Crippen LogP contribution in [0.2, 0.25) is 5.02 Å². The Balaban J connectivity index is 1.54. The number of thioether (sulfide) groups is 1. The van der Waals surface area contributed by atoms with E-state index in [2.05, 4.69) is 26.0 Å². The summed E-state index contributed by atoms with van der Waals surface area (Å²) in [7, 11) is 1.52. The van der Waals surface area contributed by atoms with E-state index in [9.17, 15) is 19.7 Å². The van der Waals surface area contributed by atoms with E-state index in [1.807, 2.05) is 0 Å². The van der Waals surface area contributed by atoms with Crippen molar-refractivity contribution in [1.29, 1.82) is 0 Å². The summed E-state index contributed by atoms with van der Waals surface area (Å²) in [4.78, 5) is 38.5. The molecule has 0 fully saturated rings. The van der Waals surface area contributed by atoms with Crippen molar-refractivity contribution in [2.45, 2.75) is 5.16 Å². The topological polar surface area (TPSA) is 152 Å². The van der Waals surface area contributed by atoms with E-state index in [-0.39, 0.29) is 17.0 Å². The Morgan fingerprint density at radius 2 is 2.06 bits per heavy atom. The molecule has 31 heavy (non-hydrogen) atoms. The molecule has 0 spiro atoms. The Labute approximate surface area is 184 Å². The molecule has 1 aromatic heterocycles. The molecule has 13 heteroatoms. The van der Waals surface area contributed by atoms with Crippen LogP contribution in [0.1, 0.15) is 10.4 Å². The average molecular weight is 463 g/mol. The lowest BCUT2D eigenvalue weighted by atomic mass is 10.2. The quantitative estimate of drug-likeness (QED) is 0.275. The molecule has 0 bridgehead atoms. The zero-order valence-corrected chi connectivity index (χ0v) is 17.5. The Morgan fingerprint density at radius 1 is 1.26 bits per heavy atom. The van der Waals surface area contributed by atoms with E-state index in [1.165, 1.54) is 25.3 Å². The van der Waals surface area contributed by atoms with Crippen LogP contribution in [0.5, 0.6) is 5.75 Å². The second-order valence-corrected chi connectivity index (χ2v) is 7.29. The van der Waals surface area contributed by atoms with Gasteiger partial charge in [-0.2, -0.15) is 0 Å². The number of carbonyl (C=O) groups is 2. The molecule has 3 rings (SSSR count). The zero-order valence-electron chi connectivity index (χ0n) is 15.9. The first-order chi connectivity index (χ1) is 14.9. The fraction of sp³-hybridized carbons (Fsp3) is 0.111. The fourth-order valence-electron chi connectivity index (χ4n) is 2.42. The number of hydrazine groups is 1. The molecule has 0 saturated carbocycles. The summed E-state index contributed by atoms with van der Waals surface area (Å²) >= 11 is 7.05. The number of rotatable bonds is 7. The first-order valence-corrected chi connectivity index (χ1v) is 9.96. The highest BCUT2D eigenvalue weighted by atomic mass is 35.5. The number of nitro groups is 1. The molecule has 0 atom stereocenters. The largest absolute Gasteiger partial charge is 0.496 e. The van der Waals surface area contributed by atoms with Crippen molar-refractivity contribution >= 4 is 40.9 Å². The van der Waals surface area contributed by atoms with Gasteiger partial charge in [-0.1, -0.05) is 29.4 Å². The molecule has 0 unspecified atom stereocenters. The maximum atomic E-state index is 12.0. The zero-order chi connectivity index (χ0) is 22.4. The van der Waals surface area contributed by atoms with Crippen LogP contribution in [0.15, 0.2) is 47.6 Å². The molecule has 160 valence electrons. The van der Waals surface area contributed by atoms with E-state index in [4.69, 9.17) is 16.3 Å². The van der Waals surface area contributed by atoms with Crippen molar-refractivity contribution < 1.29 is 19.2 Å². The summed E-state index contributed by atoms with van der Waals surface area (Å²) in [6.07, 6.45) is 0. The number of hydrogen-bond acceptors (Lipinski definition) is 8. The number of methoxy groups -OCH3 is 1. The third-order valence-corrected chi connectivity index (χ3v) is 4.93. The smallest absolute Gasteiger partial charge is 0.270 e. The predicted molar refractivity (Wildman–Crippen MR) is 113 cm³/mol. The first-order valence-electron chi connectivity index (χ1n) is 8.60. The molecular formula is C18H15ClN6O5S. The van der Waals surface area contributed by atoms with Crippen molar-refractivity contribution in [3.05, 3.63) is 63.2 Å². The molecule has 0 aliphatic rings. The molecular weight excluding hydrogens is 448 g/mol. The normalized spacial score (nSPS) is 10.4. The number of aromatic nitrogens is 3. The maximum absolute atomic E-state index is 12.0. The third-order valence-electron chi connectivity index (χ3n) is 3.85. The van der Waals surface area contributed by atoms with Crippen molar-refractivity contribution in [2.24, 2.45) is 0 Å². The number of benzene rings is 2. The number of H-pyrrole nitrogens is 1. The van der Waals surface area contributed by atoms with Crippen LogP contribution in [0.4, 0.5) is 5.69 Å². The van der Waals surface area contributed by atoms with E-state index in [0.717, 1.165) is 17.8 Å². The highest BCUT2D eigenvalue weighted by Gasteiger charge is 2.15. The van der Waals surface area contributed by atoms with Gasteiger partial charge in [-0.15, -0.1) is 5.10 Å². The molecule has 0 aliphatic heterocycles. The molecule has 0 saturated heterocycles. The number of nitrogens with one attached hydrogen (secondary N) is 3. The first kappa shape index (κ1) is 22.1. The molecule has 2 aromatic carbocycles. The molecule has 3 aromatic rings. The Hall–Kier alpha value is -3.64. The van der Waals surface area contributed by atoms with Gasteiger partial charge in [-0.25, -0.2) is 4.98 Å². The summed E-state index contributed by atoms with van der Waals surface area (Å²) < 4.78 is 5.28. The Morgan fingerprint density at radius 3 is 2.81 bits per heavy atom. The third kappa shape index (κ3) is 5.71. The molecule has 0 aliphatic carbocycles. The second-order valence-electron chi connectivity index (χ2n) is 5.91. The Bertz CT molecular complexity index is 1140. The van der Waals surface area contributed by atoms with Crippen molar-refractivity contribution in [3.8, 4) is 17.1 Å². The van der Waals surface area contributed by atoms with Crippen LogP contribution in [-0.2, 0) is 4.79 Å². The van der Waals surface area contributed by atoms with Gasteiger partial charge in [0.1, 0.15) is 5.75 Å². The van der Waals surface area contributed by atoms with Crippen molar-refractivity contribution in [2.75, 3.05) is 12.9 Å². The molecule has 1 heterocycles. The molecule has 0 radical (unpaired) electrons. The van der Waals surface area contributed by atoms with Gasteiger partial charge in [0, 0.05) is 22.7 Å². The summed E-state index contributed by atoms with van der Waals surface area (Å²) in [5.74, 6) is -0.315. The van der Waals surface area contributed by atoms with Gasteiger partial charge in [0.05, 0.1) is 23.3 Å². The van der Waals surface area contributed by atoms with Gasteiger partial charge in [0.25, 0.3) is 11.6 Å². The van der Waals surface area contributed by atoms with Crippen LogP contribution in [0, 0.1) is 10.1 Å². The minimum atomic E-state index is -0.685. The fourth-order valence-corrected chi connectivity index (χ4v) is 3.19. The monoisotopic (exact) mass is 462 g/mol. The number of amides is 2. The minimum Gasteiger partial charge on any atom is -0.496 e. The van der Waals surface area contributed by atoms with Gasteiger partial charge in [-0.05, 0) is 24.3 Å². The van der Waals surface area contributed by atoms with Gasteiger partial charge in [0.15, 0.2) is 5.82 Å². The number of non-ortho nitro benzene ring substituents is 1. The number of nitro benzene ring substituents is 1. The lowest BCUT2D eigenvalue weighted by Crippen LogP contribution is -2.42. The van der Waals surface area contributed by atoms with Gasteiger partial charge in [0.2, 0.25) is 11.1 Å². The van der Waals surface area contributed by atoms with E-state index in [0.29, 0.717) is 27.3 Å². The average Bonchev–Trinajstić information content (AvgIpc) is 3.25. The van der Waals surface area contributed by atoms with Crippen LogP contribution in [0.25, 0.3) is 11.4 Å². The highest BCUT2D eigenvalue weighted by molar-refractivity contribution is 7.99. The van der Waals surface area contributed by atoms with E-state index in [1.54, 1.807) is 18.2 Å². The lowest BCUT2D eigenvalue weighted by molar-refractivity contribution is -0.384. The lowest BCUT2D eigenvalue weighted by Gasteiger charge is -2.06. The van der Waals surface area contributed by atoms with Crippen LogP contribution in [-0.4, -0.2) is 44.8 Å². The van der Waals surface area contributed by atoms with Gasteiger partial charge < -0.3 is 4.74 Å². The van der Waals surface area contributed by atoms with Gasteiger partial charge >= 0.3 is 0 Å². The highest BCUT2D eigenvalue weighted by Crippen LogP contribution is 2.31. The number of halogens is 1. The van der Waals surface area contributed by atoms with Gasteiger partial charge in [-0.3, -0.25) is 35.7 Å². The molecule has 3 N–H and O–H groups in total. The van der Waals surface area contributed by atoms with Crippen molar-refractivity contribution in [1.82, 2.24) is 26.0 Å². The molecule has 2 amide bonds. The standard InChI is InChI=1S/C18H15ClN6O5S/c1-30-14-6-5-11(19)8-13(14)16-20-18(24-22-16)31-9-15(26)21-23-17(27)10-3-2-4-12(7-10)25(28)29/h2-8H,9H2,1H3,(H,21,26)(H,23,27)(H,20,22,24). The maximum Gasteiger partial charge on any atom is 0.270 e. The predicted octanol–water partition coefficient (Wildman–Crippen LogP) is 2.60. The van der Waals surface area contributed by atoms with E-state index < -0.39 is 16.7 Å². The number of nitrogens with zero attached hydrogens (tertiary/aromatic N) is 3. The SMILES string of the molecule is COc1ccc(Cl)cc1-c1nc(SCC(=O)NNC(=O)c2cccc([N+](=O)[O-])c2)n[nH]1. The minimum absolute atomic E-state index is 0.0382. The number of carbonyl (C=O) groups excluding carboxylic acids is 2. The summed E-state index contributed by atoms with van der Waals surface area (Å²) in [6, 6.07) is 10.2. The number of aromatic amines is 1. The van der Waals surface area contributed by atoms with Crippen LogP contribution >= 0.6 is 23.4 Å². The summed E-state index contributed by atoms with van der Waals surface area (Å²) in [5.41, 5.74) is 4.85. The van der Waals surface area contributed by atoms with Crippen molar-refractivity contribution in [3.63, 3.8) is 0 Å². The molecule has 11 nitrogen and oxygen atoms in total. The number of ether oxygens (including phenoxy) is 1. The van der Waals surface area contributed by atoms with Crippen LogP contribution in [0.3, 0.4) is 0 Å². The second kappa shape index (κ2) is 9.91. The summed E-state index contributed by atoms with van der Waals surface area (Å²) in [6.45, 7) is 0. The number of hydrogen-bond donors (Lipinski definition) is 3. The van der Waals surface area contributed by atoms with Crippen LogP contribution < -0.4 is 15.6 Å². The summed E-state index contributed by atoms with van der Waals surface area (Å²) in [5, 5.41) is 18.4. The van der Waals surface area contributed by atoms with E-state index >= 15 is 0 Å².